The molecule has 5 rings (SSSR count). The average Bonchev–Trinajstić information content (AvgIpc) is 2.96. The highest BCUT2D eigenvalue weighted by Crippen LogP contribution is 2.37. The predicted octanol–water partition coefficient (Wildman–Crippen LogP) is 4.77. The maximum atomic E-state index is 12.8. The highest BCUT2D eigenvalue weighted by atomic mass is 16.1. The van der Waals surface area contributed by atoms with E-state index >= 15 is 0 Å². The van der Waals surface area contributed by atoms with Crippen molar-refractivity contribution in [2.75, 3.05) is 0 Å². The van der Waals surface area contributed by atoms with Gasteiger partial charge in [-0.1, -0.05) is 60.7 Å². The van der Waals surface area contributed by atoms with E-state index < -0.39 is 0 Å². The third-order valence-corrected chi connectivity index (χ3v) is 6.44. The van der Waals surface area contributed by atoms with E-state index in [1.807, 2.05) is 30.3 Å². The van der Waals surface area contributed by atoms with Crippen molar-refractivity contribution in [3.8, 4) is 0 Å². The van der Waals surface area contributed by atoms with Crippen molar-refractivity contribution < 1.29 is 4.79 Å². The van der Waals surface area contributed by atoms with Crippen LogP contribution < -0.4 is 5.32 Å². The molecule has 3 aromatic rings. The highest BCUT2D eigenvalue weighted by molar-refractivity contribution is 5.98. The summed E-state index contributed by atoms with van der Waals surface area (Å²) in [4.78, 5) is 15.5. The van der Waals surface area contributed by atoms with E-state index in [1.54, 1.807) is 0 Å². The molecule has 2 fully saturated rings. The van der Waals surface area contributed by atoms with Gasteiger partial charge in [-0.05, 0) is 54.2 Å². The first-order chi connectivity index (χ1) is 13.8. The summed E-state index contributed by atoms with van der Waals surface area (Å²) in [5, 5.41) is 5.61. The molecule has 142 valence electrons. The Morgan fingerprint density at radius 1 is 0.857 bits per heavy atom. The van der Waals surface area contributed by atoms with Gasteiger partial charge in [0.15, 0.2) is 0 Å². The minimum atomic E-state index is 0.0617. The van der Waals surface area contributed by atoms with Gasteiger partial charge in [-0.3, -0.25) is 9.69 Å². The number of hydrogen-bond acceptors (Lipinski definition) is 2. The Morgan fingerprint density at radius 2 is 1.54 bits per heavy atom. The second kappa shape index (κ2) is 7.40. The van der Waals surface area contributed by atoms with Crippen LogP contribution in [-0.4, -0.2) is 28.9 Å². The number of nitrogens with one attached hydrogen (secondary N) is 1. The van der Waals surface area contributed by atoms with Crippen molar-refractivity contribution in [1.29, 1.82) is 0 Å². The number of carbonyl (C=O) groups is 1. The van der Waals surface area contributed by atoms with Crippen LogP contribution in [0.1, 0.15) is 41.6 Å². The molecule has 2 saturated heterocycles. The Hall–Kier alpha value is -2.65. The molecule has 1 N–H and O–H groups in total. The second-order valence-electron chi connectivity index (χ2n) is 8.25. The molecule has 3 nitrogen and oxygen atoms in total. The van der Waals surface area contributed by atoms with Crippen molar-refractivity contribution in [3.05, 3.63) is 83.9 Å². The summed E-state index contributed by atoms with van der Waals surface area (Å²) in [5.74, 6) is 0.0617. The number of amides is 1. The minimum Gasteiger partial charge on any atom is -0.349 e. The Balaban J connectivity index is 1.25. The molecule has 0 aromatic heterocycles. The van der Waals surface area contributed by atoms with Gasteiger partial charge >= 0.3 is 0 Å². The van der Waals surface area contributed by atoms with E-state index in [1.165, 1.54) is 23.8 Å². The summed E-state index contributed by atoms with van der Waals surface area (Å²) in [6.07, 6.45) is 4.62. The number of carbonyl (C=O) groups excluding carboxylic acids is 1. The molecule has 0 aliphatic carbocycles. The fraction of sp³-hybridized carbons (Fsp3) is 0.320. The van der Waals surface area contributed by atoms with Crippen LogP contribution >= 0.6 is 0 Å². The molecule has 2 aliphatic rings. The Morgan fingerprint density at radius 3 is 2.29 bits per heavy atom. The quantitative estimate of drug-likeness (QED) is 0.718. The van der Waals surface area contributed by atoms with Gasteiger partial charge in [-0.2, -0.15) is 0 Å². The topological polar surface area (TPSA) is 32.3 Å². The molecule has 2 bridgehead atoms. The van der Waals surface area contributed by atoms with Crippen LogP contribution in [0.25, 0.3) is 10.8 Å². The van der Waals surface area contributed by atoms with Crippen molar-refractivity contribution in [2.45, 2.75) is 50.4 Å². The van der Waals surface area contributed by atoms with Gasteiger partial charge in [-0.25, -0.2) is 0 Å². The van der Waals surface area contributed by atoms with Gasteiger partial charge < -0.3 is 5.32 Å². The maximum absolute atomic E-state index is 12.8. The van der Waals surface area contributed by atoms with Crippen LogP contribution in [0, 0.1) is 0 Å². The van der Waals surface area contributed by atoms with Crippen LogP contribution in [0.15, 0.2) is 72.8 Å². The van der Waals surface area contributed by atoms with Gasteiger partial charge in [0.05, 0.1) is 0 Å². The summed E-state index contributed by atoms with van der Waals surface area (Å²) in [7, 11) is 0. The van der Waals surface area contributed by atoms with Gasteiger partial charge in [0.25, 0.3) is 5.91 Å². The van der Waals surface area contributed by atoms with Gasteiger partial charge in [0.1, 0.15) is 0 Å². The fourth-order valence-electron chi connectivity index (χ4n) is 5.04. The lowest BCUT2D eigenvalue weighted by atomic mass is 9.96. The number of nitrogens with zero attached hydrogens (tertiary/aromatic N) is 1. The van der Waals surface area contributed by atoms with E-state index in [2.05, 4.69) is 52.7 Å². The lowest BCUT2D eigenvalue weighted by molar-refractivity contribution is 0.0828. The van der Waals surface area contributed by atoms with Crippen LogP contribution in [0.3, 0.4) is 0 Å². The fourth-order valence-corrected chi connectivity index (χ4v) is 5.04. The molecule has 28 heavy (non-hydrogen) atoms. The lowest BCUT2D eigenvalue weighted by Gasteiger charge is -2.39. The van der Waals surface area contributed by atoms with Crippen molar-refractivity contribution >= 4 is 16.7 Å². The number of piperidine rings is 1. The number of rotatable bonds is 4. The number of benzene rings is 3. The third kappa shape index (κ3) is 3.43. The highest BCUT2D eigenvalue weighted by Gasteiger charge is 2.40. The first-order valence-corrected chi connectivity index (χ1v) is 10.4. The molecule has 0 radical (unpaired) electrons. The molecule has 0 saturated carbocycles. The number of fused-ring (bicyclic) bond motifs is 3. The average molecular weight is 370 g/mol. The lowest BCUT2D eigenvalue weighted by Crippen LogP contribution is -2.49. The summed E-state index contributed by atoms with van der Waals surface area (Å²) < 4.78 is 0. The van der Waals surface area contributed by atoms with Gasteiger partial charge in [0.2, 0.25) is 0 Å². The van der Waals surface area contributed by atoms with Crippen molar-refractivity contribution in [3.63, 3.8) is 0 Å². The largest absolute Gasteiger partial charge is 0.349 e. The van der Waals surface area contributed by atoms with Crippen LogP contribution in [0.4, 0.5) is 0 Å². The van der Waals surface area contributed by atoms with E-state index in [-0.39, 0.29) is 11.9 Å². The maximum Gasteiger partial charge on any atom is 0.251 e. The summed E-state index contributed by atoms with van der Waals surface area (Å²) >= 11 is 0. The van der Waals surface area contributed by atoms with Crippen LogP contribution in [0.2, 0.25) is 0 Å². The van der Waals surface area contributed by atoms with Crippen molar-refractivity contribution in [1.82, 2.24) is 10.2 Å². The molecule has 2 heterocycles. The summed E-state index contributed by atoms with van der Waals surface area (Å²) in [6, 6.07) is 26.4. The molecular weight excluding hydrogens is 344 g/mol. The molecule has 2 aliphatic heterocycles. The zero-order valence-corrected chi connectivity index (χ0v) is 16.1. The monoisotopic (exact) mass is 370 g/mol. The van der Waals surface area contributed by atoms with E-state index in [0.717, 1.165) is 30.3 Å². The van der Waals surface area contributed by atoms with Gasteiger partial charge in [-0.15, -0.1) is 0 Å². The molecule has 3 heteroatoms. The van der Waals surface area contributed by atoms with Crippen LogP contribution in [0.5, 0.6) is 0 Å². The van der Waals surface area contributed by atoms with E-state index in [0.29, 0.717) is 12.1 Å². The molecule has 3 aromatic carbocycles. The van der Waals surface area contributed by atoms with E-state index in [9.17, 15) is 4.79 Å². The molecule has 1 unspecified atom stereocenters. The molecular formula is C25H26N2O. The smallest absolute Gasteiger partial charge is 0.251 e. The first kappa shape index (κ1) is 17.4. The normalized spacial score (nSPS) is 24.4. The summed E-state index contributed by atoms with van der Waals surface area (Å²) in [5.41, 5.74) is 2.15. The second-order valence-corrected chi connectivity index (χ2v) is 8.25. The Labute approximate surface area is 166 Å². The SMILES string of the molecule is O=C(NC1C[C@H]2CC[C@@H](C1)N2Cc1ccccc1)c1ccc2ccccc2c1. The minimum absolute atomic E-state index is 0.0617. The van der Waals surface area contributed by atoms with Crippen LogP contribution in [-0.2, 0) is 6.54 Å². The zero-order valence-electron chi connectivity index (χ0n) is 16.1. The predicted molar refractivity (Wildman–Crippen MR) is 113 cm³/mol. The van der Waals surface area contributed by atoms with E-state index in [4.69, 9.17) is 0 Å². The first-order valence-electron chi connectivity index (χ1n) is 10.4. The zero-order chi connectivity index (χ0) is 18.9. The number of hydrogen-bond donors (Lipinski definition) is 1. The van der Waals surface area contributed by atoms with Gasteiger partial charge in [0, 0.05) is 30.2 Å². The Bertz CT molecular complexity index is 970. The molecule has 1 amide bonds. The third-order valence-electron chi connectivity index (χ3n) is 6.44. The molecule has 0 spiro atoms. The Kier molecular flexibility index (Phi) is 4.61. The molecule has 3 atom stereocenters. The van der Waals surface area contributed by atoms with Crippen molar-refractivity contribution in [2.24, 2.45) is 0 Å². The summed E-state index contributed by atoms with van der Waals surface area (Å²) in [6.45, 7) is 1.03. The standard InChI is InChI=1S/C25H26N2O/c28-25(21-11-10-19-8-4-5-9-20(19)14-21)26-22-15-23-12-13-24(16-22)27(23)17-18-6-2-1-3-7-18/h1-11,14,22-24H,12-13,15-17H2,(H,26,28)/t22?,23-,24+.